The van der Waals surface area contributed by atoms with Crippen molar-refractivity contribution in [3.05, 3.63) is 39.9 Å². The smallest absolute Gasteiger partial charge is 0.270 e. The van der Waals surface area contributed by atoms with E-state index in [0.29, 0.717) is 5.96 Å². The maximum atomic E-state index is 12.3. The van der Waals surface area contributed by atoms with E-state index in [1.54, 1.807) is 0 Å². The molecule has 2 N–H and O–H groups in total. The van der Waals surface area contributed by atoms with Gasteiger partial charge in [0.15, 0.2) is 5.96 Å². The number of non-ortho nitro benzene ring substituents is 1. The minimum absolute atomic E-state index is 0.129. The lowest BCUT2D eigenvalue weighted by atomic mass is 10.1. The molecule has 1 aromatic rings. The van der Waals surface area contributed by atoms with Crippen molar-refractivity contribution < 1.29 is 9.72 Å². The van der Waals surface area contributed by atoms with Crippen LogP contribution in [-0.2, 0) is 0 Å². The van der Waals surface area contributed by atoms with Gasteiger partial charge in [-0.15, -0.1) is 0 Å². The van der Waals surface area contributed by atoms with Crippen molar-refractivity contribution in [3.63, 3.8) is 0 Å². The van der Waals surface area contributed by atoms with Gasteiger partial charge < -0.3 is 5.32 Å². The van der Waals surface area contributed by atoms with Crippen molar-refractivity contribution in [3.8, 4) is 0 Å². The lowest BCUT2D eigenvalue weighted by Gasteiger charge is -2.26. The zero-order chi connectivity index (χ0) is 17.8. The number of amides is 1. The van der Waals surface area contributed by atoms with E-state index in [2.05, 4.69) is 15.6 Å². The van der Waals surface area contributed by atoms with E-state index in [-0.39, 0.29) is 22.3 Å². The van der Waals surface area contributed by atoms with Crippen molar-refractivity contribution in [2.24, 2.45) is 4.99 Å². The minimum Gasteiger partial charge on any atom is -0.351 e. The maximum Gasteiger partial charge on any atom is 0.270 e. The number of hydrogen-bond donors (Lipinski definition) is 2. The van der Waals surface area contributed by atoms with E-state index in [0.717, 1.165) is 0 Å². The van der Waals surface area contributed by atoms with E-state index in [1.807, 2.05) is 41.5 Å². The predicted molar refractivity (Wildman–Crippen MR) is 90.6 cm³/mol. The Balaban J connectivity index is 3.04. The fourth-order valence-electron chi connectivity index (χ4n) is 1.72. The van der Waals surface area contributed by atoms with Crippen LogP contribution in [0.3, 0.4) is 0 Å². The molecule has 7 heteroatoms. The van der Waals surface area contributed by atoms with E-state index >= 15 is 0 Å². The van der Waals surface area contributed by atoms with Crippen molar-refractivity contribution in [2.45, 2.75) is 52.6 Å². The number of carbonyl (C=O) groups excluding carboxylic acids is 1. The Morgan fingerprint density at radius 2 is 1.78 bits per heavy atom. The van der Waals surface area contributed by atoms with Gasteiger partial charge in [0, 0.05) is 23.2 Å². The monoisotopic (exact) mass is 320 g/mol. The molecule has 126 valence electrons. The molecule has 0 unspecified atom stereocenters. The van der Waals surface area contributed by atoms with Gasteiger partial charge in [0.1, 0.15) is 0 Å². The van der Waals surface area contributed by atoms with Gasteiger partial charge in [0.2, 0.25) is 0 Å². The molecular weight excluding hydrogens is 296 g/mol. The van der Waals surface area contributed by atoms with Crippen LogP contribution in [0.25, 0.3) is 0 Å². The largest absolute Gasteiger partial charge is 0.351 e. The lowest BCUT2D eigenvalue weighted by molar-refractivity contribution is -0.384. The lowest BCUT2D eigenvalue weighted by Crippen LogP contribution is -2.50. The average molecular weight is 320 g/mol. The molecule has 0 aromatic heterocycles. The van der Waals surface area contributed by atoms with Gasteiger partial charge in [-0.2, -0.15) is 0 Å². The summed E-state index contributed by atoms with van der Waals surface area (Å²) >= 11 is 0. The fourth-order valence-corrected chi connectivity index (χ4v) is 1.72. The first-order valence-corrected chi connectivity index (χ1v) is 7.31. The van der Waals surface area contributed by atoms with Crippen LogP contribution in [0.4, 0.5) is 5.69 Å². The molecule has 0 aliphatic rings. The first-order chi connectivity index (χ1) is 10.4. The average Bonchev–Trinajstić information content (AvgIpc) is 2.34. The molecule has 0 fully saturated rings. The van der Waals surface area contributed by atoms with E-state index in [9.17, 15) is 14.9 Å². The summed E-state index contributed by atoms with van der Waals surface area (Å²) in [5, 5.41) is 16.6. The van der Waals surface area contributed by atoms with Gasteiger partial charge in [0.25, 0.3) is 11.6 Å². The van der Waals surface area contributed by atoms with Crippen LogP contribution >= 0.6 is 0 Å². The first kappa shape index (κ1) is 18.6. The molecule has 1 amide bonds. The van der Waals surface area contributed by atoms with Gasteiger partial charge in [-0.1, -0.05) is 6.07 Å². The topological polar surface area (TPSA) is 96.6 Å². The molecule has 0 aliphatic carbocycles. The molecule has 0 radical (unpaired) electrons. The normalized spacial score (nSPS) is 12.7. The molecule has 0 bridgehead atoms. The fraction of sp³-hybridized carbons (Fsp3) is 0.500. The van der Waals surface area contributed by atoms with Crippen molar-refractivity contribution >= 4 is 17.6 Å². The third-order valence-electron chi connectivity index (χ3n) is 2.49. The van der Waals surface area contributed by atoms with Crippen LogP contribution in [0.2, 0.25) is 0 Å². The Kier molecular flexibility index (Phi) is 5.47. The molecule has 0 saturated heterocycles. The quantitative estimate of drug-likeness (QED) is 0.379. The summed E-state index contributed by atoms with van der Waals surface area (Å²) in [6.07, 6.45) is 0. The molecule has 0 saturated carbocycles. The molecular formula is C16H24N4O3. The number of nitrogens with zero attached hydrogens (tertiary/aromatic N) is 2. The molecule has 0 atom stereocenters. The highest BCUT2D eigenvalue weighted by atomic mass is 16.6. The number of nitro groups is 1. The van der Waals surface area contributed by atoms with Crippen LogP contribution < -0.4 is 10.6 Å². The third-order valence-corrected chi connectivity index (χ3v) is 2.49. The number of benzene rings is 1. The number of aliphatic imine (C=N–C) groups is 1. The number of rotatable bonds is 2. The highest BCUT2D eigenvalue weighted by molar-refractivity contribution is 6.06. The summed E-state index contributed by atoms with van der Waals surface area (Å²) in [6, 6.07) is 5.58. The molecule has 0 aliphatic heterocycles. The molecule has 1 rings (SSSR count). The molecule has 23 heavy (non-hydrogen) atoms. The van der Waals surface area contributed by atoms with Gasteiger partial charge >= 0.3 is 0 Å². The summed E-state index contributed by atoms with van der Waals surface area (Å²) in [5.74, 6) is -0.116. The standard InChI is InChI=1S/C16H24N4O3/c1-15(2,3)18-14(19-16(4,5)6)17-13(21)11-8-7-9-12(10-11)20(22)23/h7-10H,1-6H3,(H2,17,18,19,21). The minimum atomic E-state index is -0.533. The van der Waals surface area contributed by atoms with E-state index in [1.165, 1.54) is 24.3 Å². The summed E-state index contributed by atoms with van der Waals surface area (Å²) in [4.78, 5) is 27.1. The molecule has 0 spiro atoms. The summed E-state index contributed by atoms with van der Waals surface area (Å²) in [7, 11) is 0. The van der Waals surface area contributed by atoms with E-state index in [4.69, 9.17) is 0 Å². The Bertz CT molecular complexity index is 625. The summed E-state index contributed by atoms with van der Waals surface area (Å²) < 4.78 is 0. The number of nitrogens with one attached hydrogen (secondary N) is 2. The number of nitro benzene ring substituents is 1. The second-order valence-electron chi connectivity index (χ2n) is 7.27. The molecule has 0 heterocycles. The van der Waals surface area contributed by atoms with Crippen molar-refractivity contribution in [1.29, 1.82) is 0 Å². The van der Waals surface area contributed by atoms with Crippen LogP contribution in [0.5, 0.6) is 0 Å². The summed E-state index contributed by atoms with van der Waals surface area (Å²) in [6.45, 7) is 11.6. The summed E-state index contributed by atoms with van der Waals surface area (Å²) in [5.41, 5.74) is -0.601. The van der Waals surface area contributed by atoms with Gasteiger partial charge in [-0.05, 0) is 47.6 Å². The SMILES string of the molecule is CC(C)(C)N=C(NC(=O)c1cccc([N+](=O)[O-])c1)NC(C)(C)C. The Morgan fingerprint density at radius 3 is 2.26 bits per heavy atom. The number of guanidine groups is 1. The number of hydrogen-bond acceptors (Lipinski definition) is 4. The highest BCUT2D eigenvalue weighted by Gasteiger charge is 2.19. The second kappa shape index (κ2) is 6.76. The van der Waals surface area contributed by atoms with Crippen LogP contribution in [-0.4, -0.2) is 27.9 Å². The Labute approximate surface area is 136 Å². The Hall–Kier alpha value is -2.44. The zero-order valence-electron chi connectivity index (χ0n) is 14.4. The van der Waals surface area contributed by atoms with Crippen molar-refractivity contribution in [1.82, 2.24) is 10.6 Å². The number of carbonyl (C=O) groups is 1. The first-order valence-electron chi connectivity index (χ1n) is 7.31. The third kappa shape index (κ3) is 6.90. The predicted octanol–water partition coefficient (Wildman–Crippen LogP) is 2.87. The van der Waals surface area contributed by atoms with Crippen LogP contribution in [0.1, 0.15) is 51.9 Å². The van der Waals surface area contributed by atoms with Gasteiger partial charge in [-0.3, -0.25) is 20.2 Å². The van der Waals surface area contributed by atoms with Gasteiger partial charge in [0.05, 0.1) is 10.5 Å². The zero-order valence-corrected chi connectivity index (χ0v) is 14.4. The van der Waals surface area contributed by atoms with Crippen molar-refractivity contribution in [2.75, 3.05) is 0 Å². The van der Waals surface area contributed by atoms with Crippen LogP contribution in [0.15, 0.2) is 29.3 Å². The van der Waals surface area contributed by atoms with Gasteiger partial charge in [-0.25, -0.2) is 4.99 Å². The maximum absolute atomic E-state index is 12.3. The molecule has 7 nitrogen and oxygen atoms in total. The van der Waals surface area contributed by atoms with Crippen LogP contribution in [0, 0.1) is 10.1 Å². The van der Waals surface area contributed by atoms with E-state index < -0.39 is 10.8 Å². The Morgan fingerprint density at radius 1 is 1.17 bits per heavy atom. The molecule has 1 aromatic carbocycles. The highest BCUT2D eigenvalue weighted by Crippen LogP contribution is 2.13. The second-order valence-corrected chi connectivity index (χ2v) is 7.27.